The Morgan fingerprint density at radius 1 is 1.38 bits per heavy atom. The lowest BCUT2D eigenvalue weighted by Crippen LogP contribution is -2.43. The zero-order valence-corrected chi connectivity index (χ0v) is 7.70. The highest BCUT2D eigenvalue weighted by Gasteiger charge is 2.44. The van der Waals surface area contributed by atoms with E-state index in [0.29, 0.717) is 12.8 Å². The van der Waals surface area contributed by atoms with Crippen LogP contribution in [0.1, 0.15) is 32.1 Å². The Labute approximate surface area is 78.1 Å². The molecule has 1 saturated carbocycles. The van der Waals surface area contributed by atoms with Crippen LogP contribution >= 0.6 is 0 Å². The van der Waals surface area contributed by atoms with E-state index in [1.54, 1.807) is 0 Å². The van der Waals surface area contributed by atoms with E-state index in [4.69, 9.17) is 5.11 Å². The third kappa shape index (κ3) is 1.75. The van der Waals surface area contributed by atoms with Gasteiger partial charge in [0.05, 0.1) is 11.5 Å². The lowest BCUT2D eigenvalue weighted by Gasteiger charge is -2.35. The second-order valence-electron chi connectivity index (χ2n) is 3.70. The number of rotatable bonds is 3. The standard InChI is InChI=1S/C10H16O3/c1-2-8(11)10(9(12)13)6-4-3-5-7-10/h2,8,11H,1,3-7H2,(H,12,13). The molecule has 0 aromatic rings. The summed E-state index contributed by atoms with van der Waals surface area (Å²) in [5.74, 6) is -0.889. The minimum Gasteiger partial charge on any atom is -0.481 e. The van der Waals surface area contributed by atoms with Crippen LogP contribution in [0.4, 0.5) is 0 Å². The average molecular weight is 184 g/mol. The highest BCUT2D eigenvalue weighted by Crippen LogP contribution is 2.39. The van der Waals surface area contributed by atoms with E-state index < -0.39 is 17.5 Å². The van der Waals surface area contributed by atoms with Gasteiger partial charge in [-0.3, -0.25) is 4.79 Å². The minimum atomic E-state index is -0.958. The molecule has 0 heterocycles. The van der Waals surface area contributed by atoms with Crippen molar-refractivity contribution in [3.05, 3.63) is 12.7 Å². The lowest BCUT2D eigenvalue weighted by molar-refractivity contribution is -0.157. The fourth-order valence-corrected chi connectivity index (χ4v) is 2.04. The van der Waals surface area contributed by atoms with Crippen LogP contribution in [0.2, 0.25) is 0 Å². The molecule has 0 amide bonds. The first-order valence-electron chi connectivity index (χ1n) is 4.67. The van der Waals surface area contributed by atoms with Gasteiger partial charge in [0.1, 0.15) is 0 Å². The van der Waals surface area contributed by atoms with Crippen LogP contribution in [0.3, 0.4) is 0 Å². The predicted molar refractivity (Wildman–Crippen MR) is 49.4 cm³/mol. The van der Waals surface area contributed by atoms with Gasteiger partial charge in [0.2, 0.25) is 0 Å². The SMILES string of the molecule is C=CC(O)C1(C(=O)O)CCCCC1. The number of hydrogen-bond acceptors (Lipinski definition) is 2. The molecular formula is C10H16O3. The number of hydrogen-bond donors (Lipinski definition) is 2. The van der Waals surface area contributed by atoms with Crippen LogP contribution in [-0.2, 0) is 4.79 Å². The normalized spacial score (nSPS) is 23.5. The topological polar surface area (TPSA) is 57.5 Å². The molecule has 0 bridgehead atoms. The summed E-state index contributed by atoms with van der Waals surface area (Å²) in [6, 6.07) is 0. The molecule has 1 aliphatic rings. The summed E-state index contributed by atoms with van der Waals surface area (Å²) in [4.78, 5) is 11.1. The Bertz CT molecular complexity index is 204. The Balaban J connectivity index is 2.84. The van der Waals surface area contributed by atoms with E-state index in [-0.39, 0.29) is 0 Å². The summed E-state index contributed by atoms with van der Waals surface area (Å²) in [5.41, 5.74) is -0.958. The monoisotopic (exact) mass is 184 g/mol. The second kappa shape index (κ2) is 3.92. The van der Waals surface area contributed by atoms with Gasteiger partial charge in [-0.25, -0.2) is 0 Å². The van der Waals surface area contributed by atoms with Crippen LogP contribution in [0.25, 0.3) is 0 Å². The molecule has 0 aromatic carbocycles. The number of carbonyl (C=O) groups is 1. The van der Waals surface area contributed by atoms with Crippen molar-refractivity contribution in [2.75, 3.05) is 0 Å². The Kier molecular flexibility index (Phi) is 3.09. The molecule has 1 aliphatic carbocycles. The van der Waals surface area contributed by atoms with Crippen LogP contribution in [-0.4, -0.2) is 22.3 Å². The zero-order chi connectivity index (χ0) is 9.90. The van der Waals surface area contributed by atoms with E-state index in [1.807, 2.05) is 0 Å². The molecule has 1 atom stereocenters. The van der Waals surface area contributed by atoms with Gasteiger partial charge in [-0.2, -0.15) is 0 Å². The molecule has 0 saturated heterocycles. The zero-order valence-electron chi connectivity index (χ0n) is 7.70. The van der Waals surface area contributed by atoms with Crippen LogP contribution < -0.4 is 0 Å². The predicted octanol–water partition coefficient (Wildman–Crippen LogP) is 1.57. The van der Waals surface area contributed by atoms with Crippen LogP contribution in [0.15, 0.2) is 12.7 Å². The largest absolute Gasteiger partial charge is 0.481 e. The molecule has 1 fully saturated rings. The summed E-state index contributed by atoms with van der Waals surface area (Å²) in [6.07, 6.45) is 4.39. The summed E-state index contributed by atoms with van der Waals surface area (Å²) in [5, 5.41) is 18.7. The Hall–Kier alpha value is -0.830. The first-order chi connectivity index (χ1) is 6.13. The van der Waals surface area contributed by atoms with E-state index >= 15 is 0 Å². The number of aliphatic carboxylic acids is 1. The molecule has 1 unspecified atom stereocenters. The lowest BCUT2D eigenvalue weighted by atomic mass is 9.70. The van der Waals surface area contributed by atoms with Crippen molar-refractivity contribution < 1.29 is 15.0 Å². The molecule has 0 spiro atoms. The summed E-state index contributed by atoms with van der Waals surface area (Å²) in [7, 11) is 0. The molecule has 2 N–H and O–H groups in total. The van der Waals surface area contributed by atoms with E-state index in [0.717, 1.165) is 19.3 Å². The number of carboxylic acid groups (broad SMARTS) is 1. The molecule has 3 heteroatoms. The third-order valence-electron chi connectivity index (χ3n) is 2.96. The molecular weight excluding hydrogens is 168 g/mol. The van der Waals surface area contributed by atoms with E-state index in [9.17, 15) is 9.90 Å². The van der Waals surface area contributed by atoms with Gasteiger partial charge in [-0.15, -0.1) is 6.58 Å². The number of aliphatic hydroxyl groups excluding tert-OH is 1. The smallest absolute Gasteiger partial charge is 0.312 e. The van der Waals surface area contributed by atoms with Crippen molar-refractivity contribution in [3.8, 4) is 0 Å². The van der Waals surface area contributed by atoms with Crippen molar-refractivity contribution in [2.24, 2.45) is 5.41 Å². The van der Waals surface area contributed by atoms with Crippen molar-refractivity contribution in [2.45, 2.75) is 38.2 Å². The van der Waals surface area contributed by atoms with Crippen molar-refractivity contribution in [1.29, 1.82) is 0 Å². The highest BCUT2D eigenvalue weighted by atomic mass is 16.4. The van der Waals surface area contributed by atoms with Crippen molar-refractivity contribution in [1.82, 2.24) is 0 Å². The number of carboxylic acids is 1. The molecule has 1 rings (SSSR count). The number of aliphatic hydroxyl groups is 1. The maximum absolute atomic E-state index is 11.1. The van der Waals surface area contributed by atoms with Crippen molar-refractivity contribution >= 4 is 5.97 Å². The fraction of sp³-hybridized carbons (Fsp3) is 0.700. The molecule has 0 aliphatic heterocycles. The summed E-state index contributed by atoms with van der Waals surface area (Å²) < 4.78 is 0. The molecule has 0 radical (unpaired) electrons. The first kappa shape index (κ1) is 10.3. The Morgan fingerprint density at radius 3 is 2.31 bits per heavy atom. The van der Waals surface area contributed by atoms with Gasteiger partial charge in [0, 0.05) is 0 Å². The van der Waals surface area contributed by atoms with Crippen LogP contribution in [0, 0.1) is 5.41 Å². The Morgan fingerprint density at radius 2 is 1.92 bits per heavy atom. The molecule has 3 nitrogen and oxygen atoms in total. The van der Waals surface area contributed by atoms with Gasteiger partial charge in [-0.1, -0.05) is 25.3 Å². The van der Waals surface area contributed by atoms with Gasteiger partial charge in [0.25, 0.3) is 0 Å². The maximum Gasteiger partial charge on any atom is 0.312 e. The quantitative estimate of drug-likeness (QED) is 0.654. The first-order valence-corrected chi connectivity index (χ1v) is 4.67. The molecule has 13 heavy (non-hydrogen) atoms. The average Bonchev–Trinajstić information content (AvgIpc) is 2.17. The van der Waals surface area contributed by atoms with E-state index in [2.05, 4.69) is 6.58 Å². The van der Waals surface area contributed by atoms with Gasteiger partial charge in [-0.05, 0) is 12.8 Å². The fourth-order valence-electron chi connectivity index (χ4n) is 2.04. The molecule has 74 valence electrons. The van der Waals surface area contributed by atoms with Crippen molar-refractivity contribution in [3.63, 3.8) is 0 Å². The van der Waals surface area contributed by atoms with Gasteiger partial charge < -0.3 is 10.2 Å². The summed E-state index contributed by atoms with van der Waals surface area (Å²) >= 11 is 0. The van der Waals surface area contributed by atoms with Gasteiger partial charge in [0.15, 0.2) is 0 Å². The highest BCUT2D eigenvalue weighted by molar-refractivity contribution is 5.76. The maximum atomic E-state index is 11.1. The molecule has 0 aromatic heterocycles. The van der Waals surface area contributed by atoms with E-state index in [1.165, 1.54) is 6.08 Å². The van der Waals surface area contributed by atoms with Gasteiger partial charge >= 0.3 is 5.97 Å². The second-order valence-corrected chi connectivity index (χ2v) is 3.70. The van der Waals surface area contributed by atoms with Crippen LogP contribution in [0.5, 0.6) is 0 Å². The minimum absolute atomic E-state index is 0.565. The third-order valence-corrected chi connectivity index (χ3v) is 2.96. The summed E-state index contributed by atoms with van der Waals surface area (Å²) in [6.45, 7) is 3.45.